The average molecular weight is 400 g/mol. The van der Waals surface area contributed by atoms with Crippen molar-refractivity contribution in [3.63, 3.8) is 0 Å². The maximum Gasteiger partial charge on any atom is 0.254 e. The third kappa shape index (κ3) is 3.87. The van der Waals surface area contributed by atoms with Crippen molar-refractivity contribution in [2.24, 2.45) is 0 Å². The summed E-state index contributed by atoms with van der Waals surface area (Å²) in [4.78, 5) is 26.7. The summed E-state index contributed by atoms with van der Waals surface area (Å²) in [7, 11) is -3.72. The summed E-state index contributed by atoms with van der Waals surface area (Å²) in [6.07, 6.45) is 3.45. The van der Waals surface area contributed by atoms with Gasteiger partial charge in [0.2, 0.25) is 16.4 Å². The van der Waals surface area contributed by atoms with Crippen molar-refractivity contribution in [1.82, 2.24) is 14.1 Å². The minimum absolute atomic E-state index is 0.0153. The van der Waals surface area contributed by atoms with Crippen LogP contribution in [-0.2, 0) is 14.8 Å². The summed E-state index contributed by atoms with van der Waals surface area (Å²) < 4.78 is 27.3. The molecule has 9 heteroatoms. The standard InChI is InChI=1S/C17H22ClN3O4S/c18-15-5-4-14(17(23)20-10-8-19(13-22)9-11-20)12-16(15)26(24,25)21-6-2-1-3-7-21/h4-5,12-13H,1-3,6-11H2. The molecule has 0 radical (unpaired) electrons. The van der Waals surface area contributed by atoms with E-state index in [2.05, 4.69) is 0 Å². The molecular weight excluding hydrogens is 378 g/mol. The SMILES string of the molecule is O=CN1CCN(C(=O)c2ccc(Cl)c(S(=O)(=O)N3CCCCC3)c2)CC1. The number of benzene rings is 1. The molecule has 0 unspecified atom stereocenters. The van der Waals surface area contributed by atoms with Crippen LogP contribution in [0.3, 0.4) is 0 Å². The van der Waals surface area contributed by atoms with Gasteiger partial charge in [0.15, 0.2) is 0 Å². The summed E-state index contributed by atoms with van der Waals surface area (Å²) in [6.45, 7) is 2.75. The quantitative estimate of drug-likeness (QED) is 0.717. The largest absolute Gasteiger partial charge is 0.342 e. The van der Waals surface area contributed by atoms with E-state index in [1.165, 1.54) is 16.4 Å². The highest BCUT2D eigenvalue weighted by atomic mass is 35.5. The van der Waals surface area contributed by atoms with Crippen LogP contribution in [0.4, 0.5) is 0 Å². The van der Waals surface area contributed by atoms with E-state index in [0.29, 0.717) is 44.8 Å². The number of piperazine rings is 1. The number of rotatable bonds is 4. The number of halogens is 1. The molecule has 2 fully saturated rings. The molecule has 1 aromatic carbocycles. The molecule has 2 saturated heterocycles. The molecule has 2 amide bonds. The lowest BCUT2D eigenvalue weighted by atomic mass is 10.2. The summed E-state index contributed by atoms with van der Waals surface area (Å²) in [6, 6.07) is 4.39. The zero-order valence-electron chi connectivity index (χ0n) is 14.4. The second-order valence-electron chi connectivity index (χ2n) is 6.54. The van der Waals surface area contributed by atoms with Crippen LogP contribution in [0.15, 0.2) is 23.1 Å². The molecule has 0 saturated carbocycles. The molecule has 7 nitrogen and oxygen atoms in total. The molecule has 0 aromatic heterocycles. The van der Waals surface area contributed by atoms with E-state index in [4.69, 9.17) is 11.6 Å². The van der Waals surface area contributed by atoms with Crippen molar-refractivity contribution in [2.45, 2.75) is 24.2 Å². The maximum absolute atomic E-state index is 12.9. The first kappa shape index (κ1) is 19.1. The van der Waals surface area contributed by atoms with Gasteiger partial charge in [0, 0.05) is 44.8 Å². The number of hydrogen-bond donors (Lipinski definition) is 0. The predicted octanol–water partition coefficient (Wildman–Crippen LogP) is 1.43. The minimum atomic E-state index is -3.72. The van der Waals surface area contributed by atoms with Crippen LogP contribution in [0.1, 0.15) is 29.6 Å². The molecule has 26 heavy (non-hydrogen) atoms. The van der Waals surface area contributed by atoms with E-state index in [-0.39, 0.29) is 15.8 Å². The van der Waals surface area contributed by atoms with Gasteiger partial charge in [-0.25, -0.2) is 8.42 Å². The third-order valence-electron chi connectivity index (χ3n) is 4.86. The van der Waals surface area contributed by atoms with E-state index in [9.17, 15) is 18.0 Å². The summed E-state index contributed by atoms with van der Waals surface area (Å²) in [5.41, 5.74) is 0.296. The molecule has 0 spiro atoms. The number of amides is 2. The van der Waals surface area contributed by atoms with Gasteiger partial charge in [-0.05, 0) is 31.0 Å². The highest BCUT2D eigenvalue weighted by Gasteiger charge is 2.29. The Hall–Kier alpha value is -1.64. The fourth-order valence-corrected chi connectivity index (χ4v) is 5.31. The first-order chi connectivity index (χ1) is 12.4. The summed E-state index contributed by atoms with van der Waals surface area (Å²) in [5.74, 6) is -0.248. The number of piperidine rings is 1. The fraction of sp³-hybridized carbons (Fsp3) is 0.529. The van der Waals surface area contributed by atoms with Crippen molar-refractivity contribution in [1.29, 1.82) is 0 Å². The molecule has 0 N–H and O–H groups in total. The maximum atomic E-state index is 12.9. The number of sulfonamides is 1. The van der Waals surface area contributed by atoms with Crippen molar-refractivity contribution in [3.05, 3.63) is 28.8 Å². The molecule has 2 aliphatic heterocycles. The zero-order valence-corrected chi connectivity index (χ0v) is 16.0. The second-order valence-corrected chi connectivity index (χ2v) is 8.86. The Balaban J connectivity index is 1.83. The Morgan fingerprint density at radius 2 is 1.65 bits per heavy atom. The summed E-state index contributed by atoms with van der Waals surface area (Å²) >= 11 is 6.15. The van der Waals surface area contributed by atoms with Crippen LogP contribution in [0.25, 0.3) is 0 Å². The number of hydrogen-bond acceptors (Lipinski definition) is 4. The van der Waals surface area contributed by atoms with Gasteiger partial charge >= 0.3 is 0 Å². The Kier molecular flexibility index (Phi) is 5.84. The number of carbonyl (C=O) groups excluding carboxylic acids is 2. The fourth-order valence-electron chi connectivity index (χ4n) is 3.29. The van der Waals surface area contributed by atoms with Crippen LogP contribution in [0, 0.1) is 0 Å². The first-order valence-corrected chi connectivity index (χ1v) is 10.5. The van der Waals surface area contributed by atoms with Crippen LogP contribution in [0.5, 0.6) is 0 Å². The Morgan fingerprint density at radius 1 is 1.00 bits per heavy atom. The molecule has 142 valence electrons. The Bertz CT molecular complexity index is 785. The van der Waals surface area contributed by atoms with Crippen molar-refractivity contribution in [2.75, 3.05) is 39.3 Å². The normalized spacial score (nSPS) is 19.4. The highest BCUT2D eigenvalue weighted by Crippen LogP contribution is 2.28. The van der Waals surface area contributed by atoms with E-state index in [1.807, 2.05) is 0 Å². The van der Waals surface area contributed by atoms with Gasteiger partial charge in [0.05, 0.1) is 5.02 Å². The lowest BCUT2D eigenvalue weighted by Crippen LogP contribution is -2.48. The van der Waals surface area contributed by atoms with Gasteiger partial charge in [-0.15, -0.1) is 0 Å². The number of carbonyl (C=O) groups is 2. The lowest BCUT2D eigenvalue weighted by Gasteiger charge is -2.32. The molecular formula is C17H22ClN3O4S. The Labute approximate surface area is 158 Å². The van der Waals surface area contributed by atoms with Crippen LogP contribution in [-0.4, -0.2) is 74.1 Å². The van der Waals surface area contributed by atoms with Gasteiger partial charge < -0.3 is 9.80 Å². The topological polar surface area (TPSA) is 78.0 Å². The van der Waals surface area contributed by atoms with Gasteiger partial charge in [-0.2, -0.15) is 4.31 Å². The monoisotopic (exact) mass is 399 g/mol. The molecule has 2 heterocycles. The second kappa shape index (κ2) is 7.94. The smallest absolute Gasteiger partial charge is 0.254 e. The molecule has 0 bridgehead atoms. The van der Waals surface area contributed by atoms with Crippen LogP contribution in [0.2, 0.25) is 5.02 Å². The Morgan fingerprint density at radius 3 is 2.27 bits per heavy atom. The van der Waals surface area contributed by atoms with E-state index in [1.54, 1.807) is 15.9 Å². The molecule has 2 aliphatic rings. The van der Waals surface area contributed by atoms with Gasteiger partial charge in [0.25, 0.3) is 5.91 Å². The number of nitrogens with zero attached hydrogens (tertiary/aromatic N) is 3. The van der Waals surface area contributed by atoms with Gasteiger partial charge in [0.1, 0.15) is 4.90 Å². The van der Waals surface area contributed by atoms with Gasteiger partial charge in [-0.1, -0.05) is 18.0 Å². The van der Waals surface area contributed by atoms with Crippen molar-refractivity contribution >= 4 is 33.9 Å². The molecule has 0 aliphatic carbocycles. The molecule has 1 aromatic rings. The minimum Gasteiger partial charge on any atom is -0.342 e. The van der Waals surface area contributed by atoms with E-state index < -0.39 is 10.0 Å². The average Bonchev–Trinajstić information content (AvgIpc) is 2.68. The van der Waals surface area contributed by atoms with E-state index in [0.717, 1.165) is 25.7 Å². The summed E-state index contributed by atoms with van der Waals surface area (Å²) in [5, 5.41) is 0.123. The zero-order chi connectivity index (χ0) is 18.7. The van der Waals surface area contributed by atoms with Crippen molar-refractivity contribution < 1.29 is 18.0 Å². The van der Waals surface area contributed by atoms with Gasteiger partial charge in [-0.3, -0.25) is 9.59 Å². The third-order valence-corrected chi connectivity index (χ3v) is 7.24. The van der Waals surface area contributed by atoms with Crippen LogP contribution < -0.4 is 0 Å². The first-order valence-electron chi connectivity index (χ1n) is 8.72. The highest BCUT2D eigenvalue weighted by molar-refractivity contribution is 7.89. The lowest BCUT2D eigenvalue weighted by molar-refractivity contribution is -0.119. The predicted molar refractivity (Wildman–Crippen MR) is 97.6 cm³/mol. The molecule has 0 atom stereocenters. The van der Waals surface area contributed by atoms with Crippen LogP contribution >= 0.6 is 11.6 Å². The van der Waals surface area contributed by atoms with E-state index >= 15 is 0 Å². The molecule has 3 rings (SSSR count). The van der Waals surface area contributed by atoms with Crippen molar-refractivity contribution in [3.8, 4) is 0 Å².